The van der Waals surface area contributed by atoms with Crippen molar-refractivity contribution in [2.24, 2.45) is 0 Å². The summed E-state index contributed by atoms with van der Waals surface area (Å²) in [6.45, 7) is 2.63. The SMILES string of the molecule is CCC(=O)Cc1cc(Br)cc2c1OCC2. The van der Waals surface area contributed by atoms with E-state index in [1.807, 2.05) is 13.0 Å². The van der Waals surface area contributed by atoms with Crippen molar-refractivity contribution < 1.29 is 9.53 Å². The predicted octanol–water partition coefficient (Wildman–Crippen LogP) is 2.91. The van der Waals surface area contributed by atoms with E-state index in [1.165, 1.54) is 5.56 Å². The Morgan fingerprint density at radius 3 is 3.07 bits per heavy atom. The van der Waals surface area contributed by atoms with E-state index in [9.17, 15) is 4.79 Å². The average Bonchev–Trinajstić information content (AvgIpc) is 2.65. The maximum absolute atomic E-state index is 11.4. The highest BCUT2D eigenvalue weighted by atomic mass is 79.9. The van der Waals surface area contributed by atoms with Gasteiger partial charge in [-0.15, -0.1) is 0 Å². The molecular formula is C12H13BrO2. The Morgan fingerprint density at radius 2 is 2.33 bits per heavy atom. The van der Waals surface area contributed by atoms with Crippen LogP contribution in [0.4, 0.5) is 0 Å². The van der Waals surface area contributed by atoms with Crippen LogP contribution in [0.25, 0.3) is 0 Å². The van der Waals surface area contributed by atoms with Gasteiger partial charge in [-0.25, -0.2) is 0 Å². The molecule has 0 unspecified atom stereocenters. The van der Waals surface area contributed by atoms with Gasteiger partial charge in [0.2, 0.25) is 0 Å². The first-order valence-electron chi connectivity index (χ1n) is 5.16. The fourth-order valence-corrected chi connectivity index (χ4v) is 2.37. The van der Waals surface area contributed by atoms with E-state index in [4.69, 9.17) is 4.74 Å². The smallest absolute Gasteiger partial charge is 0.137 e. The van der Waals surface area contributed by atoms with Gasteiger partial charge in [0, 0.05) is 29.3 Å². The Hall–Kier alpha value is -0.830. The summed E-state index contributed by atoms with van der Waals surface area (Å²) >= 11 is 3.46. The third-order valence-corrected chi connectivity index (χ3v) is 3.07. The van der Waals surface area contributed by atoms with Crippen LogP contribution in [-0.2, 0) is 17.6 Å². The largest absolute Gasteiger partial charge is 0.493 e. The Labute approximate surface area is 97.8 Å². The summed E-state index contributed by atoms with van der Waals surface area (Å²) in [6, 6.07) is 4.06. The van der Waals surface area contributed by atoms with Crippen molar-refractivity contribution in [3.05, 3.63) is 27.7 Å². The number of hydrogen-bond acceptors (Lipinski definition) is 2. The fourth-order valence-electron chi connectivity index (χ4n) is 1.81. The van der Waals surface area contributed by atoms with Crippen LogP contribution in [0, 0.1) is 0 Å². The molecule has 2 nitrogen and oxygen atoms in total. The predicted molar refractivity (Wildman–Crippen MR) is 62.3 cm³/mol. The molecule has 3 heteroatoms. The second kappa shape index (κ2) is 4.35. The lowest BCUT2D eigenvalue weighted by Crippen LogP contribution is -2.02. The molecule has 1 aromatic carbocycles. The molecule has 0 saturated heterocycles. The van der Waals surface area contributed by atoms with E-state index in [2.05, 4.69) is 22.0 Å². The molecule has 0 amide bonds. The summed E-state index contributed by atoms with van der Waals surface area (Å²) in [6.07, 6.45) is 2.02. The Bertz CT molecular complexity index is 399. The van der Waals surface area contributed by atoms with Crippen molar-refractivity contribution in [1.29, 1.82) is 0 Å². The van der Waals surface area contributed by atoms with Crippen LogP contribution in [-0.4, -0.2) is 12.4 Å². The molecule has 0 fully saturated rings. The number of ether oxygens (including phenoxy) is 1. The molecule has 0 atom stereocenters. The summed E-state index contributed by atoms with van der Waals surface area (Å²) in [4.78, 5) is 11.4. The second-order valence-corrected chi connectivity index (χ2v) is 4.64. The Balaban J connectivity index is 2.34. The summed E-state index contributed by atoms with van der Waals surface area (Å²) in [5.41, 5.74) is 2.23. The minimum Gasteiger partial charge on any atom is -0.493 e. The highest BCUT2D eigenvalue weighted by Gasteiger charge is 2.18. The number of halogens is 1. The average molecular weight is 269 g/mol. The molecule has 0 saturated carbocycles. The highest BCUT2D eigenvalue weighted by Crippen LogP contribution is 2.33. The summed E-state index contributed by atoms with van der Waals surface area (Å²) in [7, 11) is 0. The van der Waals surface area contributed by atoms with E-state index in [0.29, 0.717) is 12.8 Å². The van der Waals surface area contributed by atoms with E-state index in [0.717, 1.165) is 28.8 Å². The van der Waals surface area contributed by atoms with Gasteiger partial charge in [0.25, 0.3) is 0 Å². The number of carbonyl (C=O) groups excluding carboxylic acids is 1. The third-order valence-electron chi connectivity index (χ3n) is 2.61. The van der Waals surface area contributed by atoms with E-state index < -0.39 is 0 Å². The first kappa shape index (κ1) is 10.7. The molecule has 0 N–H and O–H groups in total. The van der Waals surface area contributed by atoms with Crippen molar-refractivity contribution in [3.8, 4) is 5.75 Å². The minimum atomic E-state index is 0.255. The topological polar surface area (TPSA) is 26.3 Å². The van der Waals surface area contributed by atoms with Gasteiger partial charge in [-0.05, 0) is 17.7 Å². The Kier molecular flexibility index (Phi) is 3.10. The van der Waals surface area contributed by atoms with Gasteiger partial charge in [0.1, 0.15) is 11.5 Å². The third kappa shape index (κ3) is 2.23. The van der Waals surface area contributed by atoms with Gasteiger partial charge in [-0.1, -0.05) is 22.9 Å². The first-order valence-corrected chi connectivity index (χ1v) is 5.95. The van der Waals surface area contributed by atoms with E-state index >= 15 is 0 Å². The van der Waals surface area contributed by atoms with Crippen LogP contribution in [0.15, 0.2) is 16.6 Å². The number of benzene rings is 1. The fraction of sp³-hybridized carbons (Fsp3) is 0.417. The molecule has 0 aliphatic carbocycles. The maximum Gasteiger partial charge on any atom is 0.137 e. The van der Waals surface area contributed by atoms with Gasteiger partial charge < -0.3 is 4.74 Å². The summed E-state index contributed by atoms with van der Waals surface area (Å²) < 4.78 is 6.59. The molecule has 0 spiro atoms. The number of fused-ring (bicyclic) bond motifs is 1. The normalized spacial score (nSPS) is 13.5. The lowest BCUT2D eigenvalue weighted by molar-refractivity contribution is -0.118. The van der Waals surface area contributed by atoms with Crippen LogP contribution in [0.1, 0.15) is 24.5 Å². The van der Waals surface area contributed by atoms with Crippen LogP contribution < -0.4 is 4.74 Å². The lowest BCUT2D eigenvalue weighted by Gasteiger charge is -2.07. The van der Waals surface area contributed by atoms with Crippen molar-refractivity contribution in [2.75, 3.05) is 6.61 Å². The van der Waals surface area contributed by atoms with Gasteiger partial charge in [0.05, 0.1) is 6.61 Å². The van der Waals surface area contributed by atoms with Crippen LogP contribution in [0.2, 0.25) is 0 Å². The molecule has 0 bridgehead atoms. The van der Waals surface area contributed by atoms with Crippen LogP contribution >= 0.6 is 15.9 Å². The maximum atomic E-state index is 11.4. The summed E-state index contributed by atoms with van der Waals surface area (Å²) in [5.74, 6) is 1.19. The quantitative estimate of drug-likeness (QED) is 0.843. The first-order chi connectivity index (χ1) is 7.20. The molecule has 1 heterocycles. The van der Waals surface area contributed by atoms with E-state index in [1.54, 1.807) is 0 Å². The molecule has 0 radical (unpaired) electrons. The van der Waals surface area contributed by atoms with Crippen molar-refractivity contribution >= 4 is 21.7 Å². The minimum absolute atomic E-state index is 0.255. The van der Waals surface area contributed by atoms with Gasteiger partial charge in [-0.3, -0.25) is 4.79 Å². The molecular weight excluding hydrogens is 256 g/mol. The zero-order chi connectivity index (χ0) is 10.8. The zero-order valence-corrected chi connectivity index (χ0v) is 10.3. The van der Waals surface area contributed by atoms with Gasteiger partial charge in [-0.2, -0.15) is 0 Å². The van der Waals surface area contributed by atoms with E-state index in [-0.39, 0.29) is 5.78 Å². The Morgan fingerprint density at radius 1 is 1.53 bits per heavy atom. The molecule has 0 aromatic heterocycles. The monoisotopic (exact) mass is 268 g/mol. The van der Waals surface area contributed by atoms with Crippen molar-refractivity contribution in [1.82, 2.24) is 0 Å². The van der Waals surface area contributed by atoms with Crippen LogP contribution in [0.5, 0.6) is 5.75 Å². The standard InChI is InChI=1S/C12H13BrO2/c1-2-11(14)7-9-6-10(13)5-8-3-4-15-12(8)9/h5-6H,2-4,7H2,1H3. The second-order valence-electron chi connectivity index (χ2n) is 3.72. The molecule has 1 aromatic rings. The highest BCUT2D eigenvalue weighted by molar-refractivity contribution is 9.10. The van der Waals surface area contributed by atoms with Gasteiger partial charge in [0.15, 0.2) is 0 Å². The number of hydrogen-bond donors (Lipinski definition) is 0. The molecule has 1 aliphatic rings. The van der Waals surface area contributed by atoms with Crippen LogP contribution in [0.3, 0.4) is 0 Å². The van der Waals surface area contributed by atoms with Crippen molar-refractivity contribution in [2.45, 2.75) is 26.2 Å². The molecule has 2 rings (SSSR count). The van der Waals surface area contributed by atoms with Gasteiger partial charge >= 0.3 is 0 Å². The number of ketones is 1. The number of Topliss-reactive ketones (excluding diaryl/α,β-unsaturated/α-hetero) is 1. The zero-order valence-electron chi connectivity index (χ0n) is 8.68. The molecule has 15 heavy (non-hydrogen) atoms. The number of carbonyl (C=O) groups is 1. The lowest BCUT2D eigenvalue weighted by atomic mass is 10.0. The summed E-state index contributed by atoms with van der Waals surface area (Å²) in [5, 5.41) is 0. The number of rotatable bonds is 3. The molecule has 80 valence electrons. The molecule has 1 aliphatic heterocycles. The van der Waals surface area contributed by atoms with Crippen molar-refractivity contribution in [3.63, 3.8) is 0 Å².